The molecule has 0 unspecified atom stereocenters. The van der Waals surface area contributed by atoms with Crippen molar-refractivity contribution < 1.29 is 56.9 Å². The van der Waals surface area contributed by atoms with Crippen LogP contribution in [0.25, 0.3) is 0 Å². The first-order valence-electron chi connectivity index (χ1n) is 7.06. The van der Waals surface area contributed by atoms with E-state index < -0.39 is 0 Å². The van der Waals surface area contributed by atoms with Gasteiger partial charge >= 0.3 is 0 Å². The third kappa shape index (κ3) is 25.1. The smallest absolute Gasteiger partial charge is 0.0780 e. The number of hydrogen-bond donors (Lipinski definition) is 0. The zero-order valence-corrected chi connectivity index (χ0v) is 20.1. The Kier molecular flexibility index (Phi) is 19.8. The van der Waals surface area contributed by atoms with Gasteiger partial charge in [0.1, 0.15) is 0 Å². The van der Waals surface area contributed by atoms with Crippen molar-refractivity contribution in [3.05, 3.63) is 0 Å². The van der Waals surface area contributed by atoms with Gasteiger partial charge in [0.05, 0.1) is 55.4 Å². The van der Waals surface area contributed by atoms with Crippen molar-refractivity contribution in [1.29, 1.82) is 0 Å². The second-order valence-corrected chi connectivity index (χ2v) is 9.79. The minimum absolute atomic E-state index is 0. The Morgan fingerprint density at radius 3 is 1.10 bits per heavy atom. The molecular formula is C14H34I2N2S2. The second kappa shape index (κ2) is 14.7. The van der Waals surface area contributed by atoms with E-state index in [1.807, 2.05) is 0 Å². The predicted octanol–water partition coefficient (Wildman–Crippen LogP) is -2.65. The maximum atomic E-state index is 2.27. The summed E-state index contributed by atoms with van der Waals surface area (Å²) in [5, 5.41) is 0. The van der Waals surface area contributed by atoms with Gasteiger partial charge in [-0.1, -0.05) is 21.6 Å². The van der Waals surface area contributed by atoms with Crippen molar-refractivity contribution in [1.82, 2.24) is 0 Å². The van der Waals surface area contributed by atoms with Gasteiger partial charge in [0.15, 0.2) is 0 Å². The van der Waals surface area contributed by atoms with E-state index in [1.54, 1.807) is 0 Å². The van der Waals surface area contributed by atoms with Crippen LogP contribution >= 0.6 is 21.6 Å². The molecule has 0 aliphatic heterocycles. The summed E-state index contributed by atoms with van der Waals surface area (Å²) in [6.45, 7) is 2.60. The Bertz CT molecular complexity index is 182. The van der Waals surface area contributed by atoms with Crippen LogP contribution in [0.5, 0.6) is 0 Å². The standard InChI is InChI=1S/C14H34N2S2.2HI/c1-15(2,3)11-7-9-13-17-18-14-10-8-12-16(4,5)6;;/h7-14H2,1-6H3;2*1H/q+2;;/p-2. The van der Waals surface area contributed by atoms with Crippen LogP contribution in [-0.4, -0.2) is 75.8 Å². The third-order valence-electron chi connectivity index (χ3n) is 2.70. The molecule has 0 aromatic rings. The van der Waals surface area contributed by atoms with E-state index in [4.69, 9.17) is 0 Å². The number of unbranched alkanes of at least 4 members (excludes halogenated alkanes) is 2. The molecule has 0 saturated heterocycles. The van der Waals surface area contributed by atoms with E-state index in [9.17, 15) is 0 Å². The Morgan fingerprint density at radius 2 is 0.850 bits per heavy atom. The molecular weight excluding hydrogens is 514 g/mol. The highest BCUT2D eigenvalue weighted by Crippen LogP contribution is 2.23. The number of nitrogens with zero attached hydrogens (tertiary/aromatic N) is 2. The summed E-state index contributed by atoms with van der Waals surface area (Å²) >= 11 is 0. The lowest BCUT2D eigenvalue weighted by atomic mass is 10.3. The van der Waals surface area contributed by atoms with Gasteiger partial charge in [-0.3, -0.25) is 0 Å². The van der Waals surface area contributed by atoms with Crippen LogP contribution in [0.1, 0.15) is 25.7 Å². The molecule has 20 heavy (non-hydrogen) atoms. The third-order valence-corrected chi connectivity index (χ3v) is 5.27. The van der Waals surface area contributed by atoms with Gasteiger partial charge in [0.25, 0.3) is 0 Å². The van der Waals surface area contributed by atoms with E-state index in [0.29, 0.717) is 0 Å². The van der Waals surface area contributed by atoms with Gasteiger partial charge in [-0.05, 0) is 25.7 Å². The van der Waals surface area contributed by atoms with Crippen LogP contribution in [0.3, 0.4) is 0 Å². The van der Waals surface area contributed by atoms with Gasteiger partial charge in [-0.2, -0.15) is 0 Å². The molecule has 6 heteroatoms. The molecule has 0 radical (unpaired) electrons. The van der Waals surface area contributed by atoms with Crippen LogP contribution in [0, 0.1) is 0 Å². The van der Waals surface area contributed by atoms with Crippen molar-refractivity contribution in [2.24, 2.45) is 0 Å². The van der Waals surface area contributed by atoms with Crippen molar-refractivity contribution in [3.63, 3.8) is 0 Å². The number of rotatable bonds is 11. The Labute approximate surface area is 169 Å². The molecule has 126 valence electrons. The van der Waals surface area contributed by atoms with Gasteiger partial charge in [0, 0.05) is 11.5 Å². The number of halogens is 2. The van der Waals surface area contributed by atoms with Gasteiger partial charge in [-0.15, -0.1) is 0 Å². The van der Waals surface area contributed by atoms with Crippen molar-refractivity contribution in [2.75, 3.05) is 66.9 Å². The van der Waals surface area contributed by atoms with E-state index in [-0.39, 0.29) is 48.0 Å². The highest BCUT2D eigenvalue weighted by atomic mass is 127. The molecule has 0 aromatic heterocycles. The maximum absolute atomic E-state index is 2.27. The summed E-state index contributed by atoms with van der Waals surface area (Å²) in [5.41, 5.74) is 0. The molecule has 0 rings (SSSR count). The van der Waals surface area contributed by atoms with E-state index in [1.165, 1.54) is 50.3 Å². The monoisotopic (exact) mass is 548 g/mol. The van der Waals surface area contributed by atoms with Crippen LogP contribution in [0.2, 0.25) is 0 Å². The summed E-state index contributed by atoms with van der Waals surface area (Å²) in [7, 11) is 17.8. The largest absolute Gasteiger partial charge is 1.00 e. The summed E-state index contributed by atoms with van der Waals surface area (Å²) < 4.78 is 2.20. The van der Waals surface area contributed by atoms with Crippen LogP contribution in [0.15, 0.2) is 0 Å². The molecule has 0 heterocycles. The zero-order valence-electron chi connectivity index (χ0n) is 14.1. The lowest BCUT2D eigenvalue weighted by Gasteiger charge is -2.23. The minimum Gasteiger partial charge on any atom is -1.00 e. The topological polar surface area (TPSA) is 0 Å². The first kappa shape index (κ1) is 27.0. The quantitative estimate of drug-likeness (QED) is 0.120. The average molecular weight is 548 g/mol. The molecule has 0 N–H and O–H groups in total. The van der Waals surface area contributed by atoms with Gasteiger partial charge in [-0.25, -0.2) is 0 Å². The summed E-state index contributed by atoms with van der Waals surface area (Å²) in [4.78, 5) is 0. The number of hydrogen-bond acceptors (Lipinski definition) is 2. The molecule has 0 spiro atoms. The van der Waals surface area contributed by atoms with Gasteiger partial charge in [0.2, 0.25) is 0 Å². The highest BCUT2D eigenvalue weighted by Gasteiger charge is 2.06. The highest BCUT2D eigenvalue weighted by molar-refractivity contribution is 8.76. The first-order chi connectivity index (χ1) is 8.21. The minimum atomic E-state index is 0. The van der Waals surface area contributed by atoms with E-state index in [2.05, 4.69) is 63.9 Å². The van der Waals surface area contributed by atoms with Crippen LogP contribution < -0.4 is 48.0 Å². The van der Waals surface area contributed by atoms with Crippen molar-refractivity contribution in [3.8, 4) is 0 Å². The normalized spacial score (nSPS) is 11.7. The summed E-state index contributed by atoms with van der Waals surface area (Å²) in [6, 6.07) is 0. The fraction of sp³-hybridized carbons (Fsp3) is 1.00. The maximum Gasteiger partial charge on any atom is 0.0780 e. The Morgan fingerprint density at radius 1 is 0.550 bits per heavy atom. The van der Waals surface area contributed by atoms with Gasteiger partial charge < -0.3 is 56.9 Å². The lowest BCUT2D eigenvalue weighted by Crippen LogP contribution is -3.00. The fourth-order valence-electron chi connectivity index (χ4n) is 1.61. The summed E-state index contributed by atoms with van der Waals surface area (Å²) in [6.07, 6.45) is 5.45. The summed E-state index contributed by atoms with van der Waals surface area (Å²) in [5.74, 6) is 2.64. The molecule has 2 nitrogen and oxygen atoms in total. The van der Waals surface area contributed by atoms with Crippen molar-refractivity contribution in [2.45, 2.75) is 25.7 Å². The predicted molar refractivity (Wildman–Crippen MR) is 89.2 cm³/mol. The SMILES string of the molecule is C[N+](C)(C)CCCCSSCCCC[N+](C)(C)C.[I-].[I-]. The molecule has 0 saturated carbocycles. The van der Waals surface area contributed by atoms with Crippen LogP contribution in [-0.2, 0) is 0 Å². The zero-order chi connectivity index (χ0) is 14.1. The fourth-order valence-corrected chi connectivity index (χ4v) is 3.91. The Hall–Kier alpha value is 2.08. The molecule has 0 aliphatic rings. The lowest BCUT2D eigenvalue weighted by molar-refractivity contribution is -0.870. The molecule has 0 bridgehead atoms. The molecule has 0 amide bonds. The molecule has 0 atom stereocenters. The van der Waals surface area contributed by atoms with Crippen LogP contribution in [0.4, 0.5) is 0 Å². The Balaban J connectivity index is -0.00000144. The van der Waals surface area contributed by atoms with E-state index >= 15 is 0 Å². The molecule has 0 aromatic carbocycles. The first-order valence-corrected chi connectivity index (χ1v) is 9.55. The second-order valence-electron chi connectivity index (χ2n) is 7.09. The van der Waals surface area contributed by atoms with E-state index in [0.717, 1.165) is 8.97 Å². The number of quaternary nitrogens is 2. The van der Waals surface area contributed by atoms with Crippen molar-refractivity contribution >= 4 is 21.6 Å². The molecule has 0 aliphatic carbocycles. The average Bonchev–Trinajstić information content (AvgIpc) is 2.17. The molecule has 0 fully saturated rings.